The minimum atomic E-state index is -0.0329. The molecule has 3 heteroatoms. The third-order valence-electron chi connectivity index (χ3n) is 4.91. The Morgan fingerprint density at radius 2 is 2.47 bits per heavy atom. The fourth-order valence-corrected chi connectivity index (χ4v) is 3.92. The van der Waals surface area contributed by atoms with E-state index in [1.807, 2.05) is 19.4 Å². The zero-order valence-electron chi connectivity index (χ0n) is 10.4. The number of hydrogen-bond acceptors (Lipinski definition) is 2. The Bertz CT molecular complexity index is 456. The molecule has 0 amide bonds. The highest BCUT2D eigenvalue weighted by atomic mass is 15.0. The summed E-state index contributed by atoms with van der Waals surface area (Å²) in [5.74, 6) is 2.61. The lowest BCUT2D eigenvalue weighted by molar-refractivity contribution is 0.222. The molecule has 2 aliphatic carbocycles. The van der Waals surface area contributed by atoms with Crippen LogP contribution in [0.1, 0.15) is 37.9 Å². The van der Waals surface area contributed by atoms with Crippen molar-refractivity contribution < 1.29 is 0 Å². The van der Waals surface area contributed by atoms with Crippen molar-refractivity contribution in [2.24, 2.45) is 24.3 Å². The smallest absolute Gasteiger partial charge is 0.108 e. The predicted octanol–water partition coefficient (Wildman–Crippen LogP) is 2.68. The van der Waals surface area contributed by atoms with Crippen molar-refractivity contribution in [1.82, 2.24) is 9.55 Å². The maximum absolute atomic E-state index is 9.56. The summed E-state index contributed by atoms with van der Waals surface area (Å²) in [6.45, 7) is 0. The number of rotatable bonds is 3. The van der Waals surface area contributed by atoms with Crippen molar-refractivity contribution >= 4 is 0 Å². The summed E-state index contributed by atoms with van der Waals surface area (Å²) in [6.07, 6.45) is 10.8. The van der Waals surface area contributed by atoms with Crippen molar-refractivity contribution in [2.45, 2.75) is 38.5 Å². The summed E-state index contributed by atoms with van der Waals surface area (Å²) in [6, 6.07) is 2.65. The van der Waals surface area contributed by atoms with Crippen molar-refractivity contribution in [3.05, 3.63) is 18.2 Å². The lowest BCUT2D eigenvalue weighted by Crippen LogP contribution is -2.27. The molecule has 0 radical (unpaired) electrons. The maximum Gasteiger partial charge on any atom is 0.108 e. The molecule has 1 aromatic rings. The normalized spacial score (nSPS) is 35.1. The van der Waals surface area contributed by atoms with E-state index in [0.717, 1.165) is 31.0 Å². The Kier molecular flexibility index (Phi) is 2.47. The molecule has 0 aromatic carbocycles. The molecule has 2 fully saturated rings. The van der Waals surface area contributed by atoms with Gasteiger partial charge in [0.05, 0.1) is 11.5 Å². The lowest BCUT2D eigenvalue weighted by atomic mass is 9.71. The number of aryl methyl sites for hydroxylation is 2. The van der Waals surface area contributed by atoms with Gasteiger partial charge in [-0.1, -0.05) is 6.42 Å². The van der Waals surface area contributed by atoms with Crippen molar-refractivity contribution in [1.29, 1.82) is 5.26 Å². The first-order valence-electron chi connectivity index (χ1n) is 6.61. The van der Waals surface area contributed by atoms with Crippen molar-refractivity contribution in [2.75, 3.05) is 0 Å². The summed E-state index contributed by atoms with van der Waals surface area (Å²) in [5, 5.41) is 9.56. The van der Waals surface area contributed by atoms with Crippen LogP contribution in [0.5, 0.6) is 0 Å². The van der Waals surface area contributed by atoms with Crippen LogP contribution in [-0.4, -0.2) is 9.55 Å². The molecular weight excluding hydrogens is 210 g/mol. The van der Waals surface area contributed by atoms with Gasteiger partial charge in [-0.3, -0.25) is 0 Å². The minimum Gasteiger partial charge on any atom is -0.338 e. The summed E-state index contributed by atoms with van der Waals surface area (Å²) in [4.78, 5) is 4.36. The van der Waals surface area contributed by atoms with Crippen LogP contribution in [0.3, 0.4) is 0 Å². The summed E-state index contributed by atoms with van der Waals surface area (Å²) < 4.78 is 2.07. The lowest BCUT2D eigenvalue weighted by Gasteiger charge is -2.30. The third-order valence-corrected chi connectivity index (χ3v) is 4.91. The van der Waals surface area contributed by atoms with Crippen LogP contribution in [0.25, 0.3) is 0 Å². The summed E-state index contributed by atoms with van der Waals surface area (Å²) >= 11 is 0. The highest BCUT2D eigenvalue weighted by molar-refractivity contribution is 5.12. The minimum absolute atomic E-state index is 0.0329. The van der Waals surface area contributed by atoms with E-state index in [2.05, 4.69) is 15.6 Å². The second kappa shape index (κ2) is 3.87. The van der Waals surface area contributed by atoms with Gasteiger partial charge in [-0.2, -0.15) is 5.26 Å². The van der Waals surface area contributed by atoms with Gasteiger partial charge in [0.15, 0.2) is 0 Å². The first-order valence-corrected chi connectivity index (χ1v) is 6.61. The highest BCUT2D eigenvalue weighted by Crippen LogP contribution is 2.57. The third kappa shape index (κ3) is 1.67. The van der Waals surface area contributed by atoms with Crippen LogP contribution in [0.4, 0.5) is 0 Å². The fourth-order valence-electron chi connectivity index (χ4n) is 3.92. The Morgan fingerprint density at radius 3 is 3.00 bits per heavy atom. The van der Waals surface area contributed by atoms with E-state index in [1.165, 1.54) is 19.3 Å². The van der Waals surface area contributed by atoms with Gasteiger partial charge in [0, 0.05) is 25.9 Å². The van der Waals surface area contributed by atoms with Crippen molar-refractivity contribution in [3.63, 3.8) is 0 Å². The van der Waals surface area contributed by atoms with E-state index >= 15 is 0 Å². The average molecular weight is 229 g/mol. The first kappa shape index (κ1) is 10.8. The molecule has 3 nitrogen and oxygen atoms in total. The molecule has 0 N–H and O–H groups in total. The molecule has 0 aliphatic heterocycles. The Morgan fingerprint density at radius 1 is 1.59 bits per heavy atom. The Labute approximate surface area is 102 Å². The molecule has 17 heavy (non-hydrogen) atoms. The number of hydrogen-bond donors (Lipinski definition) is 0. The van der Waals surface area contributed by atoms with E-state index in [4.69, 9.17) is 0 Å². The van der Waals surface area contributed by atoms with E-state index in [0.29, 0.717) is 5.92 Å². The van der Waals surface area contributed by atoms with Gasteiger partial charge in [0.1, 0.15) is 5.82 Å². The number of fused-ring (bicyclic) bond motifs is 2. The Hall–Kier alpha value is -1.30. The summed E-state index contributed by atoms with van der Waals surface area (Å²) in [5.41, 5.74) is -0.0329. The fraction of sp³-hybridized carbons (Fsp3) is 0.714. The quantitative estimate of drug-likeness (QED) is 0.799. The zero-order chi connectivity index (χ0) is 11.9. The SMILES string of the molecule is Cn1ccnc1CCC1(C#N)CC2CCC1C2. The highest BCUT2D eigenvalue weighted by Gasteiger charge is 2.50. The molecular formula is C14H19N3. The number of nitrogens with zero attached hydrogens (tertiary/aromatic N) is 3. The van der Waals surface area contributed by atoms with Crippen molar-refractivity contribution in [3.8, 4) is 6.07 Å². The molecule has 0 spiro atoms. The van der Waals surface area contributed by atoms with Crippen LogP contribution < -0.4 is 0 Å². The standard InChI is InChI=1S/C14H19N3/c1-17-7-6-16-13(17)4-5-14(10-15)9-11-2-3-12(14)8-11/h6-7,11-12H,2-5,8-9H2,1H3. The predicted molar refractivity (Wildman–Crippen MR) is 65.0 cm³/mol. The Balaban J connectivity index is 1.72. The maximum atomic E-state index is 9.56. The monoisotopic (exact) mass is 229 g/mol. The number of aromatic nitrogens is 2. The average Bonchev–Trinajstić information content (AvgIpc) is 3.02. The van der Waals surface area contributed by atoms with Gasteiger partial charge in [-0.05, 0) is 37.5 Å². The second-order valence-electron chi connectivity index (χ2n) is 5.80. The molecule has 1 heterocycles. The van der Waals surface area contributed by atoms with Crippen LogP contribution in [0, 0.1) is 28.6 Å². The number of nitriles is 1. The van der Waals surface area contributed by atoms with E-state index in [-0.39, 0.29) is 5.41 Å². The molecule has 2 aliphatic rings. The van der Waals surface area contributed by atoms with Gasteiger partial charge in [-0.15, -0.1) is 0 Å². The second-order valence-corrected chi connectivity index (χ2v) is 5.80. The van der Waals surface area contributed by atoms with E-state index in [9.17, 15) is 5.26 Å². The molecule has 2 bridgehead atoms. The number of imidazole rings is 1. The molecule has 3 unspecified atom stereocenters. The van der Waals surface area contributed by atoms with E-state index < -0.39 is 0 Å². The topological polar surface area (TPSA) is 41.6 Å². The van der Waals surface area contributed by atoms with Gasteiger partial charge < -0.3 is 4.57 Å². The van der Waals surface area contributed by atoms with Gasteiger partial charge in [0.2, 0.25) is 0 Å². The van der Waals surface area contributed by atoms with E-state index in [1.54, 1.807) is 0 Å². The van der Waals surface area contributed by atoms with Crippen LogP contribution in [0.15, 0.2) is 12.4 Å². The summed E-state index contributed by atoms with van der Waals surface area (Å²) in [7, 11) is 2.03. The molecule has 0 saturated heterocycles. The molecule has 3 atom stereocenters. The van der Waals surface area contributed by atoms with Gasteiger partial charge in [-0.25, -0.2) is 4.98 Å². The molecule has 90 valence electrons. The largest absolute Gasteiger partial charge is 0.338 e. The molecule has 3 rings (SSSR count). The van der Waals surface area contributed by atoms with Crippen LogP contribution >= 0.6 is 0 Å². The van der Waals surface area contributed by atoms with Gasteiger partial charge in [0.25, 0.3) is 0 Å². The van der Waals surface area contributed by atoms with Gasteiger partial charge >= 0.3 is 0 Å². The molecule has 2 saturated carbocycles. The first-order chi connectivity index (χ1) is 8.23. The zero-order valence-corrected chi connectivity index (χ0v) is 10.4. The molecule has 1 aromatic heterocycles. The van der Waals surface area contributed by atoms with Crippen LogP contribution in [-0.2, 0) is 13.5 Å². The van der Waals surface area contributed by atoms with Crippen LogP contribution in [0.2, 0.25) is 0 Å².